The number of carbonyl (C=O) groups excluding carboxylic acids is 1. The third kappa shape index (κ3) is 5.57. The number of aryl methyl sites for hydroxylation is 1. The second-order valence-corrected chi connectivity index (χ2v) is 8.00. The number of rotatable bonds is 5. The number of pyridine rings is 1. The van der Waals surface area contributed by atoms with Crippen LogP contribution in [0.25, 0.3) is 0 Å². The zero-order chi connectivity index (χ0) is 20.9. The molecule has 5 heteroatoms. The highest BCUT2D eigenvalue weighted by molar-refractivity contribution is 5.90. The third-order valence-electron chi connectivity index (χ3n) is 4.49. The Kier molecular flexibility index (Phi) is 6.17. The van der Waals surface area contributed by atoms with Crippen LogP contribution in [0.2, 0.25) is 0 Å². The number of hydrogen-bond donors (Lipinski definition) is 2. The molecule has 0 radical (unpaired) electrons. The van der Waals surface area contributed by atoms with E-state index in [4.69, 9.17) is 4.74 Å². The fourth-order valence-corrected chi connectivity index (χ4v) is 2.90. The van der Waals surface area contributed by atoms with E-state index in [0.29, 0.717) is 18.1 Å². The Morgan fingerprint density at radius 1 is 1.00 bits per heavy atom. The predicted molar refractivity (Wildman–Crippen MR) is 116 cm³/mol. The summed E-state index contributed by atoms with van der Waals surface area (Å²) in [6, 6.07) is 19.1. The summed E-state index contributed by atoms with van der Waals surface area (Å²) in [6.07, 6.45) is 1.64. The topological polar surface area (TPSA) is 63.2 Å². The lowest BCUT2D eigenvalue weighted by molar-refractivity contribution is 0.251. The normalized spacial score (nSPS) is 11.0. The highest BCUT2D eigenvalue weighted by Gasteiger charge is 2.20. The average Bonchev–Trinajstić information content (AvgIpc) is 2.69. The fraction of sp³-hybridized carbons (Fsp3) is 0.250. The summed E-state index contributed by atoms with van der Waals surface area (Å²) in [5.41, 5.74) is 3.72. The first-order chi connectivity index (χ1) is 13.8. The number of carbonyl (C=O) groups is 1. The van der Waals surface area contributed by atoms with Gasteiger partial charge in [0.1, 0.15) is 11.4 Å². The molecular formula is C24H27N3O2. The Morgan fingerprint density at radius 2 is 1.72 bits per heavy atom. The summed E-state index contributed by atoms with van der Waals surface area (Å²) in [6.45, 7) is 8.86. The molecule has 0 aliphatic carbocycles. The summed E-state index contributed by atoms with van der Waals surface area (Å²) in [5, 5.41) is 5.69. The Hall–Kier alpha value is -3.34. The van der Waals surface area contributed by atoms with Crippen LogP contribution in [0.1, 0.15) is 37.5 Å². The van der Waals surface area contributed by atoms with Crippen molar-refractivity contribution < 1.29 is 9.53 Å². The SMILES string of the molecule is Cc1ccc(CNC(=O)Nc2cccnc2Oc2ccccc2C(C)(C)C)cc1. The van der Waals surface area contributed by atoms with Gasteiger partial charge >= 0.3 is 6.03 Å². The average molecular weight is 389 g/mol. The molecule has 1 heterocycles. The van der Waals surface area contributed by atoms with E-state index in [1.54, 1.807) is 18.3 Å². The van der Waals surface area contributed by atoms with Crippen molar-refractivity contribution >= 4 is 11.7 Å². The molecule has 0 bridgehead atoms. The van der Waals surface area contributed by atoms with Crippen LogP contribution in [0.3, 0.4) is 0 Å². The highest BCUT2D eigenvalue weighted by Crippen LogP contribution is 2.35. The lowest BCUT2D eigenvalue weighted by Gasteiger charge is -2.22. The van der Waals surface area contributed by atoms with Gasteiger partial charge in [-0.3, -0.25) is 0 Å². The summed E-state index contributed by atoms with van der Waals surface area (Å²) in [4.78, 5) is 16.7. The Bertz CT molecular complexity index is 976. The van der Waals surface area contributed by atoms with Gasteiger partial charge in [0.25, 0.3) is 0 Å². The van der Waals surface area contributed by atoms with Crippen molar-refractivity contribution in [1.82, 2.24) is 10.3 Å². The van der Waals surface area contributed by atoms with Gasteiger partial charge in [-0.05, 0) is 36.1 Å². The predicted octanol–water partition coefficient (Wildman–Crippen LogP) is 5.80. The minimum atomic E-state index is -0.312. The van der Waals surface area contributed by atoms with Gasteiger partial charge in [0.2, 0.25) is 5.88 Å². The number of anilines is 1. The molecule has 1 aromatic heterocycles. The lowest BCUT2D eigenvalue weighted by atomic mass is 9.86. The van der Waals surface area contributed by atoms with Crippen LogP contribution in [0.5, 0.6) is 11.6 Å². The van der Waals surface area contributed by atoms with Gasteiger partial charge in [-0.15, -0.1) is 0 Å². The molecule has 0 saturated heterocycles. The largest absolute Gasteiger partial charge is 0.437 e. The quantitative estimate of drug-likeness (QED) is 0.579. The molecular weight excluding hydrogens is 362 g/mol. The molecule has 0 unspecified atom stereocenters. The molecule has 150 valence electrons. The molecule has 0 aliphatic heterocycles. The van der Waals surface area contributed by atoms with Crippen LogP contribution in [0.4, 0.5) is 10.5 Å². The van der Waals surface area contributed by atoms with E-state index in [1.807, 2.05) is 55.5 Å². The minimum Gasteiger partial charge on any atom is -0.437 e. The molecule has 0 saturated carbocycles. The van der Waals surface area contributed by atoms with Gasteiger partial charge < -0.3 is 15.4 Å². The van der Waals surface area contributed by atoms with Crippen molar-refractivity contribution in [3.05, 3.63) is 83.6 Å². The molecule has 3 rings (SSSR count). The van der Waals surface area contributed by atoms with E-state index in [0.717, 1.165) is 16.9 Å². The molecule has 2 amide bonds. The van der Waals surface area contributed by atoms with E-state index < -0.39 is 0 Å². The summed E-state index contributed by atoms with van der Waals surface area (Å²) >= 11 is 0. The van der Waals surface area contributed by atoms with E-state index >= 15 is 0 Å². The zero-order valence-corrected chi connectivity index (χ0v) is 17.3. The van der Waals surface area contributed by atoms with Crippen LogP contribution >= 0.6 is 0 Å². The summed E-state index contributed by atoms with van der Waals surface area (Å²) in [7, 11) is 0. The van der Waals surface area contributed by atoms with Crippen LogP contribution in [-0.4, -0.2) is 11.0 Å². The van der Waals surface area contributed by atoms with Crippen molar-refractivity contribution in [2.24, 2.45) is 0 Å². The number of nitrogens with zero attached hydrogens (tertiary/aromatic N) is 1. The molecule has 3 aromatic rings. The number of hydrogen-bond acceptors (Lipinski definition) is 3. The number of benzene rings is 2. The highest BCUT2D eigenvalue weighted by atomic mass is 16.5. The van der Waals surface area contributed by atoms with Crippen LogP contribution in [0.15, 0.2) is 66.9 Å². The summed E-state index contributed by atoms with van der Waals surface area (Å²) < 4.78 is 6.09. The van der Waals surface area contributed by atoms with Crippen molar-refractivity contribution in [1.29, 1.82) is 0 Å². The molecule has 5 nitrogen and oxygen atoms in total. The number of ether oxygens (including phenoxy) is 1. The number of amides is 2. The first kappa shape index (κ1) is 20.4. The van der Waals surface area contributed by atoms with Crippen LogP contribution < -0.4 is 15.4 Å². The zero-order valence-electron chi connectivity index (χ0n) is 17.3. The van der Waals surface area contributed by atoms with Gasteiger partial charge in [0.15, 0.2) is 0 Å². The number of nitrogens with one attached hydrogen (secondary N) is 2. The van der Waals surface area contributed by atoms with E-state index in [1.165, 1.54) is 5.56 Å². The third-order valence-corrected chi connectivity index (χ3v) is 4.49. The Labute approximate surface area is 172 Å². The standard InChI is InChI=1S/C24H27N3O2/c1-17-11-13-18(14-12-17)16-26-23(28)27-20-9-7-15-25-22(20)29-21-10-6-5-8-19(21)24(2,3)4/h5-15H,16H2,1-4H3,(H2,26,27,28). The Morgan fingerprint density at radius 3 is 2.45 bits per heavy atom. The first-order valence-electron chi connectivity index (χ1n) is 9.66. The van der Waals surface area contributed by atoms with Crippen molar-refractivity contribution in [3.8, 4) is 11.6 Å². The first-order valence-corrected chi connectivity index (χ1v) is 9.66. The second-order valence-electron chi connectivity index (χ2n) is 8.00. The second kappa shape index (κ2) is 8.78. The van der Waals surface area contributed by atoms with Crippen LogP contribution in [-0.2, 0) is 12.0 Å². The molecule has 2 N–H and O–H groups in total. The molecule has 0 fully saturated rings. The molecule has 2 aromatic carbocycles. The number of para-hydroxylation sites is 1. The van der Waals surface area contributed by atoms with Gasteiger partial charge in [-0.1, -0.05) is 68.8 Å². The lowest BCUT2D eigenvalue weighted by Crippen LogP contribution is -2.28. The van der Waals surface area contributed by atoms with Gasteiger partial charge in [-0.25, -0.2) is 9.78 Å². The maximum absolute atomic E-state index is 12.4. The number of urea groups is 1. The summed E-state index contributed by atoms with van der Waals surface area (Å²) in [5.74, 6) is 1.08. The van der Waals surface area contributed by atoms with Gasteiger partial charge in [0, 0.05) is 18.3 Å². The minimum absolute atomic E-state index is 0.0790. The molecule has 0 atom stereocenters. The maximum atomic E-state index is 12.4. The van der Waals surface area contributed by atoms with Gasteiger partial charge in [-0.2, -0.15) is 0 Å². The Balaban J connectivity index is 1.71. The van der Waals surface area contributed by atoms with Crippen molar-refractivity contribution in [3.63, 3.8) is 0 Å². The monoisotopic (exact) mass is 389 g/mol. The number of aromatic nitrogens is 1. The maximum Gasteiger partial charge on any atom is 0.319 e. The van der Waals surface area contributed by atoms with Crippen molar-refractivity contribution in [2.45, 2.75) is 39.7 Å². The van der Waals surface area contributed by atoms with Crippen molar-refractivity contribution in [2.75, 3.05) is 5.32 Å². The van der Waals surface area contributed by atoms with E-state index in [9.17, 15) is 4.79 Å². The molecule has 29 heavy (non-hydrogen) atoms. The van der Waals surface area contributed by atoms with E-state index in [-0.39, 0.29) is 11.4 Å². The van der Waals surface area contributed by atoms with Gasteiger partial charge in [0.05, 0.1) is 0 Å². The molecule has 0 aliphatic rings. The smallest absolute Gasteiger partial charge is 0.319 e. The fourth-order valence-electron chi connectivity index (χ4n) is 2.90. The van der Waals surface area contributed by atoms with E-state index in [2.05, 4.69) is 36.4 Å². The molecule has 0 spiro atoms. The van der Waals surface area contributed by atoms with Crippen LogP contribution in [0, 0.1) is 6.92 Å².